The van der Waals surface area contributed by atoms with Crippen molar-refractivity contribution in [2.45, 2.75) is 26.2 Å². The number of nitrogens with zero attached hydrogens (tertiary/aromatic N) is 3. The van der Waals surface area contributed by atoms with Gasteiger partial charge in [-0.3, -0.25) is 4.57 Å². The van der Waals surface area contributed by atoms with Gasteiger partial charge in [-0.1, -0.05) is 81.4 Å². The Kier molecular flexibility index (Phi) is 4.93. The molecule has 3 heterocycles. The first kappa shape index (κ1) is 23.8. The molecule has 5 heteroatoms. The second kappa shape index (κ2) is 8.48. The molecule has 0 atom stereocenters. The summed E-state index contributed by atoms with van der Waals surface area (Å²) in [6, 6.07) is 34.1. The quantitative estimate of drug-likeness (QED) is 0.221. The number of hydrogen-bond donors (Lipinski definition) is 0. The van der Waals surface area contributed by atoms with Gasteiger partial charge >= 0.3 is 0 Å². The van der Waals surface area contributed by atoms with Gasteiger partial charge in [0, 0.05) is 27.2 Å². The van der Waals surface area contributed by atoms with Crippen molar-refractivity contribution in [2.24, 2.45) is 0 Å². The van der Waals surface area contributed by atoms with E-state index in [1.54, 1.807) is 12.1 Å². The number of imidazole rings is 1. The van der Waals surface area contributed by atoms with Gasteiger partial charge in [0.1, 0.15) is 17.2 Å². The molecule has 0 aliphatic heterocycles. The first-order valence-corrected chi connectivity index (χ1v) is 13.8. The third kappa shape index (κ3) is 3.59. The molecule has 0 fully saturated rings. The van der Waals surface area contributed by atoms with E-state index in [1.165, 1.54) is 11.6 Å². The molecule has 0 saturated heterocycles. The molecule has 0 radical (unpaired) electrons. The summed E-state index contributed by atoms with van der Waals surface area (Å²) < 4.78 is 23.3. The number of hydrogen-bond acceptors (Lipinski definition) is 3. The Morgan fingerprint density at radius 2 is 1.49 bits per heavy atom. The van der Waals surface area contributed by atoms with Crippen molar-refractivity contribution in [2.75, 3.05) is 0 Å². The molecule has 0 spiro atoms. The maximum atomic E-state index is 14.7. The molecule has 0 bridgehead atoms. The van der Waals surface area contributed by atoms with E-state index in [9.17, 15) is 4.39 Å². The fourth-order valence-electron chi connectivity index (χ4n) is 5.91. The van der Waals surface area contributed by atoms with Crippen LogP contribution in [0.3, 0.4) is 0 Å². The summed E-state index contributed by atoms with van der Waals surface area (Å²) in [4.78, 5) is 9.94. The summed E-state index contributed by atoms with van der Waals surface area (Å²) in [5.41, 5.74) is 6.85. The van der Waals surface area contributed by atoms with Crippen molar-refractivity contribution in [3.63, 3.8) is 0 Å². The third-order valence-corrected chi connectivity index (χ3v) is 8.06. The summed E-state index contributed by atoms with van der Waals surface area (Å²) in [6.45, 7) is 6.66. The van der Waals surface area contributed by atoms with Gasteiger partial charge in [-0.05, 0) is 58.8 Å². The molecule has 0 aliphatic rings. The molecule has 3 aromatic heterocycles. The predicted molar refractivity (Wildman–Crippen MR) is 165 cm³/mol. The van der Waals surface area contributed by atoms with Crippen molar-refractivity contribution in [3.05, 3.63) is 115 Å². The molecule has 41 heavy (non-hydrogen) atoms. The minimum absolute atomic E-state index is 0.0461. The van der Waals surface area contributed by atoms with E-state index in [0.717, 1.165) is 49.7 Å². The van der Waals surface area contributed by atoms with E-state index in [1.807, 2.05) is 36.4 Å². The zero-order valence-corrected chi connectivity index (χ0v) is 22.9. The lowest BCUT2D eigenvalue weighted by atomic mass is 9.87. The molecule has 4 nitrogen and oxygen atoms in total. The number of fused-ring (bicyclic) bond motifs is 7. The lowest BCUT2D eigenvalue weighted by molar-refractivity contribution is 0.590. The molecular formula is C36H26FN3O. The lowest BCUT2D eigenvalue weighted by Crippen LogP contribution is -2.11. The Hall–Kier alpha value is -5.03. The van der Waals surface area contributed by atoms with Crippen LogP contribution in [0, 0.1) is 5.82 Å². The highest BCUT2D eigenvalue weighted by Crippen LogP contribution is 2.39. The molecule has 0 N–H and O–H groups in total. The standard InChI is InChI=1S/C36H26FN3O/c1-36(2,3)22-15-17-23(18-16-22)40-31-19-14-21-8-4-5-9-24(21)32(31)39-34(40)26-11-6-10-25-27-20-28-29(37)12-7-13-30(28)38-35(27)41-33(25)26/h4-20H,1-3H3. The molecule has 8 aromatic rings. The first-order valence-electron chi connectivity index (χ1n) is 13.8. The van der Waals surface area contributed by atoms with Crippen molar-refractivity contribution in [1.29, 1.82) is 0 Å². The molecule has 5 aromatic carbocycles. The van der Waals surface area contributed by atoms with Gasteiger partial charge in [-0.15, -0.1) is 0 Å². The van der Waals surface area contributed by atoms with Crippen LogP contribution in [0.25, 0.3) is 71.9 Å². The fourth-order valence-corrected chi connectivity index (χ4v) is 5.91. The summed E-state index contributed by atoms with van der Waals surface area (Å²) in [5.74, 6) is 0.482. The summed E-state index contributed by atoms with van der Waals surface area (Å²) in [5, 5.41) is 4.37. The van der Waals surface area contributed by atoms with Gasteiger partial charge < -0.3 is 4.42 Å². The van der Waals surface area contributed by atoms with Gasteiger partial charge in [0.2, 0.25) is 5.71 Å². The van der Waals surface area contributed by atoms with E-state index in [-0.39, 0.29) is 11.2 Å². The van der Waals surface area contributed by atoms with E-state index in [2.05, 4.69) is 78.9 Å². The smallest absolute Gasteiger partial charge is 0.227 e. The number of benzene rings is 5. The van der Waals surface area contributed by atoms with Gasteiger partial charge in [-0.2, -0.15) is 0 Å². The number of halogens is 1. The van der Waals surface area contributed by atoms with Crippen LogP contribution >= 0.6 is 0 Å². The Morgan fingerprint density at radius 3 is 2.32 bits per heavy atom. The topological polar surface area (TPSA) is 43.9 Å². The Morgan fingerprint density at radius 1 is 0.707 bits per heavy atom. The highest BCUT2D eigenvalue weighted by Gasteiger charge is 2.22. The highest BCUT2D eigenvalue weighted by atomic mass is 19.1. The van der Waals surface area contributed by atoms with Crippen LogP contribution in [-0.2, 0) is 5.41 Å². The highest BCUT2D eigenvalue weighted by molar-refractivity contribution is 6.12. The van der Waals surface area contributed by atoms with E-state index in [4.69, 9.17) is 9.40 Å². The summed E-state index contributed by atoms with van der Waals surface area (Å²) >= 11 is 0. The molecule has 198 valence electrons. The van der Waals surface area contributed by atoms with Gasteiger partial charge in [-0.25, -0.2) is 14.4 Å². The van der Waals surface area contributed by atoms with Crippen LogP contribution in [0.15, 0.2) is 108 Å². The molecule has 8 rings (SSSR count). The minimum Gasteiger partial charge on any atom is -0.437 e. The molecule has 0 saturated carbocycles. The third-order valence-electron chi connectivity index (χ3n) is 8.06. The van der Waals surface area contributed by atoms with Crippen LogP contribution < -0.4 is 0 Å². The van der Waals surface area contributed by atoms with Crippen molar-refractivity contribution in [3.8, 4) is 17.1 Å². The Balaban J connectivity index is 1.45. The van der Waals surface area contributed by atoms with Crippen molar-refractivity contribution in [1.82, 2.24) is 14.5 Å². The summed E-state index contributed by atoms with van der Waals surface area (Å²) in [6.07, 6.45) is 0. The SMILES string of the molecule is CC(C)(C)c1ccc(-n2c(-c3cccc4c3oc3nc5cccc(F)c5cc34)nc3c4ccccc4ccc32)cc1. The van der Waals surface area contributed by atoms with Crippen LogP contribution in [0.1, 0.15) is 26.3 Å². The van der Waals surface area contributed by atoms with E-state index >= 15 is 0 Å². The number of furan rings is 1. The van der Waals surface area contributed by atoms with Crippen LogP contribution in [0.2, 0.25) is 0 Å². The van der Waals surface area contributed by atoms with E-state index < -0.39 is 0 Å². The second-order valence-electron chi connectivity index (χ2n) is 11.7. The lowest BCUT2D eigenvalue weighted by Gasteiger charge is -2.19. The van der Waals surface area contributed by atoms with Gasteiger partial charge in [0.15, 0.2) is 0 Å². The number of para-hydroxylation sites is 1. The average molecular weight is 536 g/mol. The van der Waals surface area contributed by atoms with Crippen molar-refractivity contribution < 1.29 is 8.81 Å². The molecular weight excluding hydrogens is 509 g/mol. The minimum atomic E-state index is -0.297. The summed E-state index contributed by atoms with van der Waals surface area (Å²) in [7, 11) is 0. The van der Waals surface area contributed by atoms with E-state index in [0.29, 0.717) is 22.2 Å². The second-order valence-corrected chi connectivity index (χ2v) is 11.7. The maximum absolute atomic E-state index is 14.7. The number of rotatable bonds is 2. The number of aromatic nitrogens is 3. The predicted octanol–water partition coefficient (Wildman–Crippen LogP) is 9.73. The first-order chi connectivity index (χ1) is 19.9. The molecule has 0 unspecified atom stereocenters. The van der Waals surface area contributed by atoms with Gasteiger partial charge in [0.25, 0.3) is 0 Å². The normalized spacial score (nSPS) is 12.4. The van der Waals surface area contributed by atoms with Gasteiger partial charge in [0.05, 0.1) is 22.1 Å². The average Bonchev–Trinajstić information content (AvgIpc) is 3.54. The van der Waals surface area contributed by atoms with Crippen molar-refractivity contribution >= 4 is 54.8 Å². The van der Waals surface area contributed by atoms with Crippen LogP contribution in [0.5, 0.6) is 0 Å². The fraction of sp³-hybridized carbons (Fsp3) is 0.111. The Bertz CT molecular complexity index is 2300. The number of pyridine rings is 1. The molecule has 0 aliphatic carbocycles. The maximum Gasteiger partial charge on any atom is 0.227 e. The van der Waals surface area contributed by atoms with Crippen LogP contribution in [-0.4, -0.2) is 14.5 Å². The molecule has 0 amide bonds. The largest absolute Gasteiger partial charge is 0.437 e. The zero-order valence-electron chi connectivity index (χ0n) is 22.9. The monoisotopic (exact) mass is 535 g/mol. The Labute approximate surface area is 235 Å². The zero-order chi connectivity index (χ0) is 27.9. The van der Waals surface area contributed by atoms with Crippen LogP contribution in [0.4, 0.5) is 4.39 Å².